The average Bonchev–Trinajstić information content (AvgIpc) is 3.47. The number of nitriles is 1. The molecule has 5 heteroatoms. The van der Waals surface area contributed by atoms with Crippen molar-refractivity contribution in [2.24, 2.45) is 0 Å². The first-order valence-corrected chi connectivity index (χ1v) is 13.9. The van der Waals surface area contributed by atoms with Crippen molar-refractivity contribution in [2.45, 2.75) is 27.7 Å². The van der Waals surface area contributed by atoms with Crippen LogP contribution < -0.4 is 10.9 Å². The molecule has 0 fully saturated rings. The Hall–Kier alpha value is -5.26. The molecule has 0 spiro atoms. The van der Waals surface area contributed by atoms with Gasteiger partial charge in [-0.3, -0.25) is 0 Å². The molecule has 8 rings (SSSR count). The van der Waals surface area contributed by atoms with Crippen LogP contribution in [-0.4, -0.2) is 15.9 Å². The summed E-state index contributed by atoms with van der Waals surface area (Å²) in [6, 6.07) is 30.3. The number of rotatable bonds is 1. The summed E-state index contributed by atoms with van der Waals surface area (Å²) in [5.74, 6) is 0. The number of para-hydroxylation sites is 1. The van der Waals surface area contributed by atoms with E-state index in [4.69, 9.17) is 6.57 Å². The number of aryl methyl sites for hydroxylation is 4. The smallest absolute Gasteiger partial charge is 0.333 e. The predicted molar refractivity (Wildman–Crippen MR) is 171 cm³/mol. The molecule has 0 atom stereocenters. The van der Waals surface area contributed by atoms with E-state index in [0.717, 1.165) is 38.4 Å². The van der Waals surface area contributed by atoms with Crippen LogP contribution in [-0.2, 0) is 0 Å². The molecular weight excluding hydrogens is 499 g/mol. The van der Waals surface area contributed by atoms with Crippen LogP contribution in [0.4, 0.5) is 5.69 Å². The summed E-state index contributed by atoms with van der Waals surface area (Å²) in [6.45, 7) is 16.2. The van der Waals surface area contributed by atoms with E-state index in [1.807, 2.05) is 18.2 Å². The highest BCUT2D eigenvalue weighted by atomic mass is 15.0. The summed E-state index contributed by atoms with van der Waals surface area (Å²) < 4.78 is 4.79. The van der Waals surface area contributed by atoms with Gasteiger partial charge in [-0.25, -0.2) is 4.85 Å². The second kappa shape index (κ2) is 8.13. The van der Waals surface area contributed by atoms with E-state index in [-0.39, 0.29) is 6.85 Å². The van der Waals surface area contributed by atoms with E-state index in [2.05, 4.69) is 108 Å². The zero-order chi connectivity index (χ0) is 28.2. The van der Waals surface area contributed by atoms with Gasteiger partial charge in [0.2, 0.25) is 0 Å². The van der Waals surface area contributed by atoms with Crippen LogP contribution in [0, 0.1) is 45.6 Å². The lowest BCUT2D eigenvalue weighted by atomic mass is 9.47. The zero-order valence-electron chi connectivity index (χ0n) is 23.4. The van der Waals surface area contributed by atoms with Gasteiger partial charge in [-0.15, -0.1) is 0 Å². The topological polar surface area (TPSA) is 38.0 Å². The van der Waals surface area contributed by atoms with Gasteiger partial charge in [0, 0.05) is 43.8 Å². The fourth-order valence-corrected chi connectivity index (χ4v) is 7.50. The van der Waals surface area contributed by atoms with E-state index in [1.165, 1.54) is 44.1 Å². The second-order valence-corrected chi connectivity index (χ2v) is 11.5. The van der Waals surface area contributed by atoms with Crippen LogP contribution in [0.1, 0.15) is 27.8 Å². The quantitative estimate of drug-likeness (QED) is 0.162. The molecular formula is C36H25BN4. The maximum absolute atomic E-state index is 10.5. The van der Waals surface area contributed by atoms with Gasteiger partial charge in [0.15, 0.2) is 5.69 Å². The molecule has 41 heavy (non-hydrogen) atoms. The molecule has 1 aliphatic heterocycles. The van der Waals surface area contributed by atoms with Crippen LogP contribution >= 0.6 is 0 Å². The van der Waals surface area contributed by atoms with Crippen LogP contribution in [0.5, 0.6) is 0 Å². The number of hydrogen-bond acceptors (Lipinski definition) is 1. The fourth-order valence-electron chi connectivity index (χ4n) is 7.50. The van der Waals surface area contributed by atoms with Gasteiger partial charge in [0.05, 0.1) is 23.7 Å². The molecule has 0 N–H and O–H groups in total. The molecule has 192 valence electrons. The molecule has 4 nitrogen and oxygen atoms in total. The van der Waals surface area contributed by atoms with Crippen molar-refractivity contribution in [3.8, 4) is 11.8 Å². The van der Waals surface area contributed by atoms with Gasteiger partial charge in [-0.05, 0) is 80.1 Å². The molecule has 5 aromatic carbocycles. The summed E-state index contributed by atoms with van der Waals surface area (Å²) in [6.07, 6.45) is 0. The van der Waals surface area contributed by atoms with Crippen LogP contribution in [0.2, 0.25) is 0 Å². The lowest BCUT2D eigenvalue weighted by Gasteiger charge is -2.29. The molecule has 0 saturated carbocycles. The molecule has 2 aromatic heterocycles. The third kappa shape index (κ3) is 2.98. The molecule has 7 aromatic rings. The third-order valence-electron chi connectivity index (χ3n) is 8.87. The maximum atomic E-state index is 10.5. The van der Waals surface area contributed by atoms with Crippen molar-refractivity contribution in [1.29, 1.82) is 5.26 Å². The molecule has 0 amide bonds. The van der Waals surface area contributed by atoms with E-state index >= 15 is 0 Å². The van der Waals surface area contributed by atoms with Crippen molar-refractivity contribution in [3.63, 3.8) is 0 Å². The summed E-state index contributed by atoms with van der Waals surface area (Å²) in [4.78, 5) is 3.73. The van der Waals surface area contributed by atoms with Crippen molar-refractivity contribution in [1.82, 2.24) is 9.05 Å². The minimum atomic E-state index is -0.204. The summed E-state index contributed by atoms with van der Waals surface area (Å²) in [5, 5.41) is 15.2. The van der Waals surface area contributed by atoms with Crippen LogP contribution in [0.25, 0.3) is 54.1 Å². The second-order valence-electron chi connectivity index (χ2n) is 11.5. The van der Waals surface area contributed by atoms with Gasteiger partial charge in [0.1, 0.15) is 0 Å². The Labute approximate surface area is 238 Å². The van der Waals surface area contributed by atoms with Crippen molar-refractivity contribution in [2.75, 3.05) is 0 Å². The lowest BCUT2D eigenvalue weighted by Crippen LogP contribution is -2.54. The first kappa shape index (κ1) is 23.6. The molecule has 0 aliphatic carbocycles. The molecule has 0 bridgehead atoms. The largest absolute Gasteiger partial charge is 0.375 e. The Morgan fingerprint density at radius 2 is 1.39 bits per heavy atom. The average molecular weight is 524 g/mol. The summed E-state index contributed by atoms with van der Waals surface area (Å²) in [7, 11) is 0. The molecule has 0 unspecified atom stereocenters. The summed E-state index contributed by atoms with van der Waals surface area (Å²) >= 11 is 0. The predicted octanol–water partition coefficient (Wildman–Crippen LogP) is 7.52. The van der Waals surface area contributed by atoms with E-state index < -0.39 is 0 Å². The Bertz CT molecular complexity index is 2330. The highest BCUT2D eigenvalue weighted by Crippen LogP contribution is 2.39. The molecule has 0 radical (unpaired) electrons. The number of hydrogen-bond donors (Lipinski definition) is 0. The highest BCUT2D eigenvalue weighted by Gasteiger charge is 2.38. The number of nitrogens with zero attached hydrogens (tertiary/aromatic N) is 4. The van der Waals surface area contributed by atoms with Crippen LogP contribution in [0.3, 0.4) is 0 Å². The first-order valence-electron chi connectivity index (χ1n) is 13.9. The van der Waals surface area contributed by atoms with E-state index in [1.54, 1.807) is 0 Å². The van der Waals surface area contributed by atoms with Crippen molar-refractivity contribution < 1.29 is 0 Å². The Balaban J connectivity index is 1.65. The Morgan fingerprint density at radius 1 is 0.732 bits per heavy atom. The van der Waals surface area contributed by atoms with Crippen molar-refractivity contribution >= 4 is 67.1 Å². The van der Waals surface area contributed by atoms with Crippen molar-refractivity contribution in [3.05, 3.63) is 118 Å². The normalized spacial score (nSPS) is 12.3. The standard InChI is InChI=1S/C36H25BN4/c1-20-14-22(3)34-28(16-20)29-17-21(2)15-23(4)35(29)41(34)37-30-8-6-7-9-31(30)40-32-18-25(39-5)11-13-26(32)27-12-10-24(19-38)33(37)36(27)40/h6-18H,1-4H3. The Morgan fingerprint density at radius 3 is 2.05 bits per heavy atom. The minimum Gasteiger partial charge on any atom is -0.375 e. The molecule has 1 aliphatic rings. The minimum absolute atomic E-state index is 0.204. The molecule has 3 heterocycles. The van der Waals surface area contributed by atoms with E-state index in [9.17, 15) is 5.26 Å². The Kier molecular flexibility index (Phi) is 4.69. The summed E-state index contributed by atoms with van der Waals surface area (Å²) in [5.41, 5.74) is 13.9. The number of fused-ring (bicyclic) bond motifs is 8. The third-order valence-corrected chi connectivity index (χ3v) is 8.87. The lowest BCUT2D eigenvalue weighted by molar-refractivity contribution is 1.17. The van der Waals surface area contributed by atoms with Gasteiger partial charge in [-0.2, -0.15) is 5.26 Å². The SMILES string of the molecule is [C-]#[N+]c1ccc2c3ccc(C#N)c4c3n(c2c1)-c1ccccc1B4n1c2c(C)cc(C)cc2c2cc(C)cc(C)c21. The molecule has 0 saturated heterocycles. The van der Waals surface area contributed by atoms with E-state index in [0.29, 0.717) is 11.3 Å². The first-order chi connectivity index (χ1) is 19.9. The highest BCUT2D eigenvalue weighted by molar-refractivity contribution is 6.88. The van der Waals surface area contributed by atoms with Gasteiger partial charge < -0.3 is 9.05 Å². The maximum Gasteiger partial charge on any atom is 0.333 e. The monoisotopic (exact) mass is 524 g/mol. The van der Waals surface area contributed by atoms with Gasteiger partial charge in [-0.1, -0.05) is 59.7 Å². The number of benzene rings is 5. The van der Waals surface area contributed by atoms with Gasteiger partial charge >= 0.3 is 6.85 Å². The van der Waals surface area contributed by atoms with Gasteiger partial charge in [0.25, 0.3) is 0 Å². The zero-order valence-corrected chi connectivity index (χ0v) is 23.4. The fraction of sp³-hybridized carbons (Fsp3) is 0.111. The van der Waals surface area contributed by atoms with Crippen LogP contribution in [0.15, 0.2) is 78.9 Å². The number of aromatic nitrogens is 2.